The summed E-state index contributed by atoms with van der Waals surface area (Å²) in [6, 6.07) is 20.9. The highest BCUT2D eigenvalue weighted by atomic mass is 127. The SMILES string of the molecule is COC(=O)c1ccc(-c2ccc3c(N4CCC(NC(=O)c5cccc(Cl)c5Cl)CC4)nc(I)cc3c2)cc1. The molecule has 1 aliphatic heterocycles. The molecule has 3 aromatic carbocycles. The third kappa shape index (κ3) is 5.60. The smallest absolute Gasteiger partial charge is 0.337 e. The third-order valence-corrected chi connectivity index (χ3v) is 8.12. The van der Waals surface area contributed by atoms with E-state index in [9.17, 15) is 9.59 Å². The summed E-state index contributed by atoms with van der Waals surface area (Å²) in [6.45, 7) is 1.54. The predicted octanol–water partition coefficient (Wildman–Crippen LogP) is 7.00. The Balaban J connectivity index is 1.32. The fourth-order valence-corrected chi connectivity index (χ4v) is 5.67. The summed E-state index contributed by atoms with van der Waals surface area (Å²) in [4.78, 5) is 31.7. The van der Waals surface area contributed by atoms with Crippen LogP contribution in [0.1, 0.15) is 33.6 Å². The van der Waals surface area contributed by atoms with Crippen LogP contribution in [-0.2, 0) is 4.74 Å². The van der Waals surface area contributed by atoms with Crippen molar-refractivity contribution in [2.45, 2.75) is 18.9 Å². The van der Waals surface area contributed by atoms with Crippen LogP contribution in [0.15, 0.2) is 66.7 Å². The number of halogens is 3. The molecular formula is C29H24Cl2IN3O3. The first-order valence-corrected chi connectivity index (χ1v) is 14.0. The molecule has 0 spiro atoms. The van der Waals surface area contributed by atoms with Crippen LogP contribution in [0.4, 0.5) is 5.82 Å². The summed E-state index contributed by atoms with van der Waals surface area (Å²) in [5, 5.41) is 5.92. The van der Waals surface area contributed by atoms with Crippen molar-refractivity contribution >= 4 is 74.3 Å². The Morgan fingerprint density at radius 3 is 2.42 bits per heavy atom. The quantitative estimate of drug-likeness (QED) is 0.142. The molecule has 1 N–H and O–H groups in total. The van der Waals surface area contributed by atoms with E-state index in [1.165, 1.54) is 7.11 Å². The number of aromatic nitrogens is 1. The Morgan fingerprint density at radius 2 is 1.71 bits per heavy atom. The van der Waals surface area contributed by atoms with Gasteiger partial charge < -0.3 is 15.0 Å². The first-order chi connectivity index (χ1) is 18.3. The fraction of sp³-hybridized carbons (Fsp3) is 0.207. The third-order valence-electron chi connectivity index (χ3n) is 6.75. The van der Waals surface area contributed by atoms with Gasteiger partial charge in [-0.2, -0.15) is 0 Å². The van der Waals surface area contributed by atoms with Crippen molar-refractivity contribution in [3.8, 4) is 11.1 Å². The highest BCUT2D eigenvalue weighted by Crippen LogP contribution is 2.32. The lowest BCUT2D eigenvalue weighted by atomic mass is 9.99. The maximum atomic E-state index is 12.8. The van der Waals surface area contributed by atoms with Gasteiger partial charge in [0.2, 0.25) is 0 Å². The van der Waals surface area contributed by atoms with Crippen LogP contribution in [0.25, 0.3) is 21.9 Å². The second kappa shape index (κ2) is 11.5. The van der Waals surface area contributed by atoms with Crippen LogP contribution in [0.2, 0.25) is 10.0 Å². The van der Waals surface area contributed by atoms with E-state index < -0.39 is 0 Å². The van der Waals surface area contributed by atoms with E-state index >= 15 is 0 Å². The van der Waals surface area contributed by atoms with Crippen LogP contribution < -0.4 is 10.2 Å². The second-order valence-electron chi connectivity index (χ2n) is 9.11. The molecule has 0 atom stereocenters. The number of methoxy groups -OCH3 is 1. The van der Waals surface area contributed by atoms with E-state index in [1.807, 2.05) is 12.1 Å². The standard InChI is InChI=1S/C29H24Cl2IN3O3/c1-38-29(37)18-7-5-17(6-8-18)19-9-10-22-20(15-19)16-25(32)34-27(22)35-13-11-21(12-14-35)33-28(36)23-3-2-4-24(30)26(23)31/h2-10,15-16,21H,11-14H2,1H3,(H,33,36). The lowest BCUT2D eigenvalue weighted by Gasteiger charge is -2.34. The van der Waals surface area contributed by atoms with Gasteiger partial charge in [-0.25, -0.2) is 9.78 Å². The molecule has 1 saturated heterocycles. The summed E-state index contributed by atoms with van der Waals surface area (Å²) >= 11 is 14.6. The van der Waals surface area contributed by atoms with Crippen LogP contribution in [0.5, 0.6) is 0 Å². The Morgan fingerprint density at radius 1 is 1.00 bits per heavy atom. The molecule has 0 saturated carbocycles. The Hall–Kier alpha value is -2.88. The van der Waals surface area contributed by atoms with Gasteiger partial charge in [-0.15, -0.1) is 0 Å². The van der Waals surface area contributed by atoms with Gasteiger partial charge in [-0.3, -0.25) is 4.79 Å². The number of hydrogen-bond acceptors (Lipinski definition) is 5. The topological polar surface area (TPSA) is 71.5 Å². The number of amides is 1. The lowest BCUT2D eigenvalue weighted by molar-refractivity contribution is 0.0600. The van der Waals surface area contributed by atoms with Gasteiger partial charge in [0.25, 0.3) is 5.91 Å². The minimum Gasteiger partial charge on any atom is -0.465 e. The van der Waals surface area contributed by atoms with E-state index in [1.54, 1.807) is 30.3 Å². The van der Waals surface area contributed by atoms with Gasteiger partial charge >= 0.3 is 5.97 Å². The van der Waals surface area contributed by atoms with Gasteiger partial charge in [0.15, 0.2) is 0 Å². The molecule has 2 heterocycles. The number of carbonyl (C=O) groups excluding carboxylic acids is 2. The van der Waals surface area contributed by atoms with Gasteiger partial charge in [0.1, 0.15) is 9.52 Å². The van der Waals surface area contributed by atoms with Crippen molar-refractivity contribution in [2.75, 3.05) is 25.1 Å². The Kier molecular flexibility index (Phi) is 8.07. The van der Waals surface area contributed by atoms with Crippen molar-refractivity contribution in [3.05, 3.63) is 91.6 Å². The van der Waals surface area contributed by atoms with Crippen molar-refractivity contribution in [2.24, 2.45) is 0 Å². The van der Waals surface area contributed by atoms with Crippen molar-refractivity contribution < 1.29 is 14.3 Å². The number of hydrogen-bond donors (Lipinski definition) is 1. The molecule has 1 aliphatic rings. The van der Waals surface area contributed by atoms with E-state index in [0.29, 0.717) is 16.1 Å². The maximum Gasteiger partial charge on any atom is 0.337 e. The molecule has 1 amide bonds. The molecule has 0 radical (unpaired) electrons. The molecule has 6 nitrogen and oxygen atoms in total. The minimum absolute atomic E-state index is 0.0439. The summed E-state index contributed by atoms with van der Waals surface area (Å²) in [7, 11) is 1.38. The molecule has 194 valence electrons. The van der Waals surface area contributed by atoms with Crippen LogP contribution in [-0.4, -0.2) is 43.1 Å². The minimum atomic E-state index is -0.350. The first kappa shape index (κ1) is 26.7. The molecule has 0 aliphatic carbocycles. The molecule has 9 heteroatoms. The molecule has 0 unspecified atom stereocenters. The van der Waals surface area contributed by atoms with Crippen LogP contribution in [0.3, 0.4) is 0 Å². The van der Waals surface area contributed by atoms with Crippen molar-refractivity contribution in [1.29, 1.82) is 0 Å². The number of fused-ring (bicyclic) bond motifs is 1. The van der Waals surface area contributed by atoms with E-state index in [2.05, 4.69) is 57.1 Å². The van der Waals surface area contributed by atoms with Gasteiger partial charge in [-0.1, -0.05) is 53.5 Å². The van der Waals surface area contributed by atoms with E-state index in [-0.39, 0.29) is 22.9 Å². The zero-order valence-electron chi connectivity index (χ0n) is 20.5. The lowest BCUT2D eigenvalue weighted by Crippen LogP contribution is -2.45. The Labute approximate surface area is 244 Å². The molecule has 0 bridgehead atoms. The number of benzene rings is 3. The van der Waals surface area contributed by atoms with Crippen molar-refractivity contribution in [3.63, 3.8) is 0 Å². The van der Waals surface area contributed by atoms with E-state index in [0.717, 1.165) is 57.3 Å². The molecule has 38 heavy (non-hydrogen) atoms. The molecule has 4 aromatic rings. The highest BCUT2D eigenvalue weighted by molar-refractivity contribution is 14.1. The average molecular weight is 660 g/mol. The number of piperidine rings is 1. The number of carbonyl (C=O) groups is 2. The monoisotopic (exact) mass is 659 g/mol. The first-order valence-electron chi connectivity index (χ1n) is 12.1. The number of anilines is 1. The number of pyridine rings is 1. The summed E-state index contributed by atoms with van der Waals surface area (Å²) in [6.07, 6.45) is 1.59. The zero-order chi connectivity index (χ0) is 26.8. The summed E-state index contributed by atoms with van der Waals surface area (Å²) in [5.41, 5.74) is 2.99. The maximum absolute atomic E-state index is 12.8. The van der Waals surface area contributed by atoms with Gasteiger partial charge in [0.05, 0.1) is 28.3 Å². The molecule has 5 rings (SSSR count). The number of nitrogens with one attached hydrogen (secondary N) is 1. The van der Waals surface area contributed by atoms with Crippen LogP contribution >= 0.6 is 45.8 Å². The average Bonchev–Trinajstić information content (AvgIpc) is 2.93. The van der Waals surface area contributed by atoms with Gasteiger partial charge in [-0.05, 0) is 88.3 Å². The Bertz CT molecular complexity index is 1520. The molecular weight excluding hydrogens is 636 g/mol. The number of ether oxygens (including phenoxy) is 1. The van der Waals surface area contributed by atoms with Crippen molar-refractivity contribution in [1.82, 2.24) is 10.3 Å². The normalized spacial score (nSPS) is 13.9. The zero-order valence-corrected chi connectivity index (χ0v) is 24.2. The van der Waals surface area contributed by atoms with Gasteiger partial charge in [0, 0.05) is 24.5 Å². The number of esters is 1. The summed E-state index contributed by atoms with van der Waals surface area (Å²) < 4.78 is 5.71. The summed E-state index contributed by atoms with van der Waals surface area (Å²) in [5.74, 6) is 0.389. The molecule has 1 fully saturated rings. The second-order valence-corrected chi connectivity index (χ2v) is 11.0. The number of rotatable bonds is 5. The predicted molar refractivity (Wildman–Crippen MR) is 160 cm³/mol. The highest BCUT2D eigenvalue weighted by Gasteiger charge is 2.24. The largest absolute Gasteiger partial charge is 0.465 e. The molecule has 1 aromatic heterocycles. The van der Waals surface area contributed by atoms with Crippen LogP contribution in [0, 0.1) is 3.70 Å². The number of nitrogens with zero attached hydrogens (tertiary/aromatic N) is 2. The van der Waals surface area contributed by atoms with E-state index in [4.69, 9.17) is 32.9 Å². The fourth-order valence-electron chi connectivity index (χ4n) is 4.72.